The van der Waals surface area contributed by atoms with Gasteiger partial charge in [0.25, 0.3) is 0 Å². The van der Waals surface area contributed by atoms with Crippen LogP contribution in [0.25, 0.3) is 22.3 Å². The summed E-state index contributed by atoms with van der Waals surface area (Å²) in [6.45, 7) is 7.50. The van der Waals surface area contributed by atoms with Crippen molar-refractivity contribution in [1.29, 1.82) is 0 Å². The largest absolute Gasteiger partial charge is 0.485 e. The number of aliphatic hydroxyl groups is 1. The van der Waals surface area contributed by atoms with Crippen molar-refractivity contribution < 1.29 is 9.84 Å². The summed E-state index contributed by atoms with van der Waals surface area (Å²) in [6.07, 6.45) is 0. The highest BCUT2D eigenvalue weighted by Crippen LogP contribution is 2.62. The third-order valence-corrected chi connectivity index (χ3v) is 8.20. The van der Waals surface area contributed by atoms with Crippen LogP contribution in [0.4, 0.5) is 0 Å². The van der Waals surface area contributed by atoms with Gasteiger partial charge in [0, 0.05) is 0 Å². The summed E-state index contributed by atoms with van der Waals surface area (Å²) >= 11 is 0. The molecule has 0 bridgehead atoms. The Morgan fingerprint density at radius 2 is 1.09 bits per heavy atom. The van der Waals surface area contributed by atoms with Crippen LogP contribution in [0.3, 0.4) is 0 Å². The molecule has 3 heteroatoms. The Morgan fingerprint density at radius 3 is 1.56 bits per heavy atom. The number of rotatable bonds is 3. The monoisotopic (exact) mass is 444 g/mol. The molecule has 4 aromatic carbocycles. The number of fused-ring (bicyclic) bond motifs is 10. The summed E-state index contributed by atoms with van der Waals surface area (Å²) in [5.74, 6) is 0.819. The maximum atomic E-state index is 10.8. The average molecular weight is 444 g/mol. The molecule has 0 fully saturated rings. The minimum Gasteiger partial charge on any atom is -0.485 e. The number of hydrogen-bond donors (Lipinski definition) is 1. The van der Waals surface area contributed by atoms with E-state index in [-0.39, 0.29) is 5.41 Å². The summed E-state index contributed by atoms with van der Waals surface area (Å²) in [7, 11) is 2.17. The van der Waals surface area contributed by atoms with E-state index in [0.29, 0.717) is 0 Å². The SMILES string of the molecule is Bc1c(OC(C)(C)C(C)(C)O)ccc2c1C1(c3ccccc3-c3ccccc31)c1ccccc1-2. The Balaban J connectivity index is 1.71. The average Bonchev–Trinajstić information content (AvgIpc) is 3.28. The van der Waals surface area contributed by atoms with Crippen LogP contribution in [0.5, 0.6) is 5.75 Å². The van der Waals surface area contributed by atoms with Crippen molar-refractivity contribution in [2.75, 3.05) is 0 Å². The van der Waals surface area contributed by atoms with Gasteiger partial charge in [-0.3, -0.25) is 0 Å². The van der Waals surface area contributed by atoms with Crippen molar-refractivity contribution in [3.63, 3.8) is 0 Å². The van der Waals surface area contributed by atoms with Crippen LogP contribution >= 0.6 is 0 Å². The van der Waals surface area contributed by atoms with Gasteiger partial charge < -0.3 is 9.84 Å². The van der Waals surface area contributed by atoms with Crippen LogP contribution in [0.1, 0.15) is 49.9 Å². The van der Waals surface area contributed by atoms with Gasteiger partial charge in [-0.25, -0.2) is 0 Å². The normalized spacial score (nSPS) is 15.0. The van der Waals surface area contributed by atoms with Gasteiger partial charge in [-0.2, -0.15) is 0 Å². The Hall–Kier alpha value is -3.30. The zero-order chi connectivity index (χ0) is 23.9. The van der Waals surface area contributed by atoms with Crippen molar-refractivity contribution in [1.82, 2.24) is 0 Å². The lowest BCUT2D eigenvalue weighted by Crippen LogP contribution is -2.50. The third-order valence-electron chi connectivity index (χ3n) is 8.20. The second kappa shape index (κ2) is 6.87. The zero-order valence-electron chi connectivity index (χ0n) is 20.4. The Bertz CT molecular complexity index is 1400. The Morgan fingerprint density at radius 1 is 0.647 bits per heavy atom. The lowest BCUT2D eigenvalue weighted by atomic mass is 9.66. The van der Waals surface area contributed by atoms with E-state index in [1.54, 1.807) is 13.8 Å². The smallest absolute Gasteiger partial charge is 0.144 e. The predicted molar refractivity (Wildman–Crippen MR) is 142 cm³/mol. The van der Waals surface area contributed by atoms with Crippen molar-refractivity contribution >= 4 is 13.3 Å². The van der Waals surface area contributed by atoms with E-state index in [0.717, 1.165) is 11.2 Å². The Kier molecular flexibility index (Phi) is 4.29. The van der Waals surface area contributed by atoms with Gasteiger partial charge in [-0.05, 0) is 83.7 Å². The quantitative estimate of drug-likeness (QED) is 0.380. The van der Waals surface area contributed by atoms with Gasteiger partial charge in [0.15, 0.2) is 0 Å². The molecule has 2 nitrogen and oxygen atoms in total. The first-order valence-electron chi connectivity index (χ1n) is 12.0. The second-order valence-corrected chi connectivity index (χ2v) is 10.7. The summed E-state index contributed by atoms with van der Waals surface area (Å²) in [6, 6.07) is 30.7. The molecule has 1 N–H and O–H groups in total. The maximum absolute atomic E-state index is 10.8. The summed E-state index contributed by atoms with van der Waals surface area (Å²) < 4.78 is 6.55. The van der Waals surface area contributed by atoms with E-state index in [4.69, 9.17) is 4.74 Å². The molecule has 0 aromatic heterocycles. The van der Waals surface area contributed by atoms with Crippen molar-refractivity contribution in [3.05, 3.63) is 107 Å². The van der Waals surface area contributed by atoms with Crippen molar-refractivity contribution in [2.24, 2.45) is 0 Å². The number of ether oxygens (including phenoxy) is 1. The molecular weight excluding hydrogens is 415 g/mol. The topological polar surface area (TPSA) is 29.5 Å². The molecule has 0 atom stereocenters. The van der Waals surface area contributed by atoms with Gasteiger partial charge in [0.05, 0.1) is 11.0 Å². The maximum Gasteiger partial charge on any atom is 0.144 e. The molecular formula is C31H29BO2. The van der Waals surface area contributed by atoms with Crippen LogP contribution in [-0.2, 0) is 5.41 Å². The van der Waals surface area contributed by atoms with Crippen LogP contribution in [-0.4, -0.2) is 24.2 Å². The van der Waals surface area contributed by atoms with E-state index in [1.165, 1.54) is 44.5 Å². The minimum atomic E-state index is -0.994. The van der Waals surface area contributed by atoms with Gasteiger partial charge >= 0.3 is 0 Å². The van der Waals surface area contributed by atoms with Gasteiger partial charge in [0.2, 0.25) is 0 Å². The van der Waals surface area contributed by atoms with Crippen LogP contribution in [0.2, 0.25) is 0 Å². The van der Waals surface area contributed by atoms with Crippen molar-refractivity contribution in [2.45, 2.75) is 44.3 Å². The zero-order valence-corrected chi connectivity index (χ0v) is 20.4. The highest BCUT2D eigenvalue weighted by molar-refractivity contribution is 6.37. The summed E-state index contributed by atoms with van der Waals surface area (Å²) in [5.41, 5.74) is 9.37. The molecule has 34 heavy (non-hydrogen) atoms. The van der Waals surface area contributed by atoms with Gasteiger partial charge in [-0.15, -0.1) is 0 Å². The number of benzene rings is 4. The van der Waals surface area contributed by atoms with E-state index in [9.17, 15) is 5.11 Å². The van der Waals surface area contributed by atoms with E-state index >= 15 is 0 Å². The van der Waals surface area contributed by atoms with Crippen LogP contribution < -0.4 is 10.2 Å². The molecule has 0 heterocycles. The van der Waals surface area contributed by atoms with Gasteiger partial charge in [0.1, 0.15) is 19.2 Å². The first kappa shape index (κ1) is 21.3. The molecule has 4 aromatic rings. The molecule has 168 valence electrons. The first-order valence-corrected chi connectivity index (χ1v) is 12.0. The molecule has 2 aliphatic rings. The molecule has 0 aliphatic heterocycles. The molecule has 0 saturated heterocycles. The fraction of sp³-hybridized carbons (Fsp3) is 0.226. The highest BCUT2D eigenvalue weighted by Gasteiger charge is 2.52. The summed E-state index contributed by atoms with van der Waals surface area (Å²) in [5, 5.41) is 10.8. The fourth-order valence-electron chi connectivity index (χ4n) is 5.88. The lowest BCUT2D eigenvalue weighted by Gasteiger charge is -2.39. The van der Waals surface area contributed by atoms with E-state index in [1.807, 2.05) is 13.8 Å². The molecule has 1 spiro atoms. The molecule has 0 amide bonds. The minimum absolute atomic E-state index is 0.387. The second-order valence-electron chi connectivity index (χ2n) is 10.7. The summed E-state index contributed by atoms with van der Waals surface area (Å²) in [4.78, 5) is 0. The first-order chi connectivity index (χ1) is 16.2. The lowest BCUT2D eigenvalue weighted by molar-refractivity contribution is -0.0902. The van der Waals surface area contributed by atoms with Crippen LogP contribution in [0.15, 0.2) is 84.9 Å². The van der Waals surface area contributed by atoms with Crippen molar-refractivity contribution in [3.8, 4) is 28.0 Å². The standard InChI is InChI=1S/C31H29BO2/c1-29(2,33)30(3,4)34-26-18-17-22-21-13-7-10-16-25(21)31(27(22)28(26)32)23-14-8-5-11-19(23)20-12-6-9-15-24(20)31/h5-18,33H,32H2,1-4H3. The van der Waals surface area contributed by atoms with Crippen LogP contribution in [0, 0.1) is 0 Å². The molecule has 0 radical (unpaired) electrons. The number of hydrogen-bond acceptors (Lipinski definition) is 2. The molecule has 0 unspecified atom stereocenters. The molecule has 6 rings (SSSR count). The highest BCUT2D eigenvalue weighted by atomic mass is 16.5. The Labute approximate surface area is 202 Å². The predicted octanol–water partition coefficient (Wildman–Crippen LogP) is 5.22. The van der Waals surface area contributed by atoms with Gasteiger partial charge in [-0.1, -0.05) is 78.9 Å². The molecule has 0 saturated carbocycles. The van der Waals surface area contributed by atoms with E-state index in [2.05, 4.69) is 92.8 Å². The third kappa shape index (κ3) is 2.56. The fourth-order valence-corrected chi connectivity index (χ4v) is 5.88. The van der Waals surface area contributed by atoms with E-state index < -0.39 is 11.2 Å². The molecule has 2 aliphatic carbocycles.